The van der Waals surface area contributed by atoms with E-state index in [4.69, 9.17) is 37.4 Å². The normalized spacial score (nSPS) is 11.0. The van der Waals surface area contributed by atoms with Crippen molar-refractivity contribution in [1.29, 1.82) is 0 Å². The Hall–Kier alpha value is -3.67. The number of hydrogen-bond acceptors (Lipinski definition) is 4. The summed E-state index contributed by atoms with van der Waals surface area (Å²) in [5, 5.41) is 1.04. The van der Waals surface area contributed by atoms with Crippen molar-refractivity contribution in [1.82, 2.24) is 9.55 Å². The molecule has 0 bridgehead atoms. The van der Waals surface area contributed by atoms with Gasteiger partial charge in [-0.3, -0.25) is 0 Å². The van der Waals surface area contributed by atoms with E-state index in [0.717, 1.165) is 33.8 Å². The maximum Gasteiger partial charge on any atom is 0.144 e. The van der Waals surface area contributed by atoms with Crippen LogP contribution in [0.5, 0.6) is 17.2 Å². The van der Waals surface area contributed by atoms with Crippen LogP contribution in [0.2, 0.25) is 10.0 Å². The first kappa shape index (κ1) is 25.4. The zero-order valence-corrected chi connectivity index (χ0v) is 21.6. The first-order chi connectivity index (χ1) is 17.5. The predicted molar refractivity (Wildman–Crippen MR) is 147 cm³/mol. The molecular weight excluding hydrogens is 495 g/mol. The van der Waals surface area contributed by atoms with Gasteiger partial charge in [-0.25, -0.2) is 4.98 Å². The van der Waals surface area contributed by atoms with Gasteiger partial charge in [0.15, 0.2) is 0 Å². The average Bonchev–Trinajstić information content (AvgIpc) is 3.35. The van der Waals surface area contributed by atoms with Crippen molar-refractivity contribution in [2.75, 3.05) is 20.8 Å². The molecule has 5 nitrogen and oxygen atoms in total. The maximum atomic E-state index is 6.24. The van der Waals surface area contributed by atoms with E-state index < -0.39 is 0 Å². The molecule has 0 aliphatic rings. The molecule has 0 N–H and O–H groups in total. The van der Waals surface area contributed by atoms with Gasteiger partial charge in [-0.2, -0.15) is 0 Å². The number of aromatic nitrogens is 2. The second-order valence-electron chi connectivity index (χ2n) is 7.92. The number of methoxy groups -OCH3 is 2. The van der Waals surface area contributed by atoms with Crippen LogP contribution < -0.4 is 14.2 Å². The standard InChI is InChI=1S/C29H26Cl2N2O3/c1-4-15-36-23-10-6-20(7-11-23)5-9-22-17-24(34-2)18-27(35-3)28(22)29-32-13-14-33(29)19-21-8-12-25(30)26(31)16-21/h4-14,16-18H,1,15,19H2,2-3H3. The Morgan fingerprint density at radius 1 is 0.917 bits per heavy atom. The van der Waals surface area contributed by atoms with E-state index in [1.807, 2.05) is 71.4 Å². The number of ether oxygens (including phenoxy) is 3. The number of imidazole rings is 1. The van der Waals surface area contributed by atoms with Crippen LogP contribution >= 0.6 is 23.2 Å². The largest absolute Gasteiger partial charge is 0.497 e. The molecule has 3 aromatic carbocycles. The first-order valence-corrected chi connectivity index (χ1v) is 12.0. The summed E-state index contributed by atoms with van der Waals surface area (Å²) < 4.78 is 18.9. The summed E-state index contributed by atoms with van der Waals surface area (Å²) in [5.74, 6) is 2.89. The summed E-state index contributed by atoms with van der Waals surface area (Å²) >= 11 is 12.3. The fourth-order valence-corrected chi connectivity index (χ4v) is 4.10. The molecule has 0 radical (unpaired) electrons. The van der Waals surface area contributed by atoms with E-state index >= 15 is 0 Å². The fourth-order valence-electron chi connectivity index (χ4n) is 3.78. The van der Waals surface area contributed by atoms with E-state index in [9.17, 15) is 0 Å². The minimum absolute atomic E-state index is 0.469. The smallest absolute Gasteiger partial charge is 0.144 e. The number of hydrogen-bond donors (Lipinski definition) is 0. The zero-order chi connectivity index (χ0) is 25.5. The van der Waals surface area contributed by atoms with Gasteiger partial charge in [-0.05, 0) is 47.0 Å². The van der Waals surface area contributed by atoms with Gasteiger partial charge in [0.1, 0.15) is 29.7 Å². The van der Waals surface area contributed by atoms with Crippen LogP contribution in [0.15, 0.2) is 79.6 Å². The van der Waals surface area contributed by atoms with Gasteiger partial charge in [0.05, 0.1) is 29.8 Å². The molecule has 36 heavy (non-hydrogen) atoms. The van der Waals surface area contributed by atoms with Crippen LogP contribution in [-0.4, -0.2) is 30.4 Å². The molecule has 7 heteroatoms. The third-order valence-electron chi connectivity index (χ3n) is 5.54. The predicted octanol–water partition coefficient (Wildman–Crippen LogP) is 7.66. The van der Waals surface area contributed by atoms with E-state index in [0.29, 0.717) is 34.7 Å². The third kappa shape index (κ3) is 5.93. The van der Waals surface area contributed by atoms with Gasteiger partial charge in [0, 0.05) is 25.0 Å². The van der Waals surface area contributed by atoms with Gasteiger partial charge in [-0.15, -0.1) is 0 Å². The minimum Gasteiger partial charge on any atom is -0.497 e. The lowest BCUT2D eigenvalue weighted by atomic mass is 10.0. The zero-order valence-electron chi connectivity index (χ0n) is 20.1. The highest BCUT2D eigenvalue weighted by Crippen LogP contribution is 2.38. The minimum atomic E-state index is 0.469. The Bertz CT molecular complexity index is 1380. The Kier molecular flexibility index (Phi) is 8.36. The van der Waals surface area contributed by atoms with Crippen molar-refractivity contribution in [3.05, 3.63) is 106 Å². The Balaban J connectivity index is 1.72. The Morgan fingerprint density at radius 3 is 2.42 bits per heavy atom. The second-order valence-corrected chi connectivity index (χ2v) is 8.74. The molecule has 0 saturated carbocycles. The van der Waals surface area contributed by atoms with E-state index in [1.54, 1.807) is 32.6 Å². The van der Waals surface area contributed by atoms with Crippen LogP contribution in [-0.2, 0) is 6.54 Å². The van der Waals surface area contributed by atoms with Crippen LogP contribution in [0.3, 0.4) is 0 Å². The molecule has 0 aliphatic carbocycles. The molecule has 1 aromatic heterocycles. The van der Waals surface area contributed by atoms with Crippen LogP contribution in [0, 0.1) is 0 Å². The summed E-state index contributed by atoms with van der Waals surface area (Å²) in [5.41, 5.74) is 3.78. The molecule has 4 rings (SSSR count). The first-order valence-electron chi connectivity index (χ1n) is 11.3. The molecule has 0 unspecified atom stereocenters. The molecule has 0 spiro atoms. The molecule has 0 atom stereocenters. The van der Waals surface area contributed by atoms with Crippen LogP contribution in [0.1, 0.15) is 16.7 Å². The van der Waals surface area contributed by atoms with Crippen molar-refractivity contribution in [2.45, 2.75) is 6.54 Å². The van der Waals surface area contributed by atoms with Crippen molar-refractivity contribution >= 4 is 35.4 Å². The lowest BCUT2D eigenvalue weighted by Gasteiger charge is -2.16. The lowest BCUT2D eigenvalue weighted by molar-refractivity contribution is 0.363. The topological polar surface area (TPSA) is 45.5 Å². The van der Waals surface area contributed by atoms with Gasteiger partial charge < -0.3 is 18.8 Å². The maximum absolute atomic E-state index is 6.24. The van der Waals surface area contributed by atoms with Gasteiger partial charge >= 0.3 is 0 Å². The molecule has 0 fully saturated rings. The van der Waals surface area contributed by atoms with Gasteiger partial charge in [-0.1, -0.05) is 66.2 Å². The van der Waals surface area contributed by atoms with E-state index in [-0.39, 0.29) is 0 Å². The van der Waals surface area contributed by atoms with Gasteiger partial charge in [0.2, 0.25) is 0 Å². The van der Waals surface area contributed by atoms with Crippen molar-refractivity contribution in [2.24, 2.45) is 0 Å². The molecule has 4 aromatic rings. The van der Waals surface area contributed by atoms with Crippen molar-refractivity contribution in [3.8, 4) is 28.6 Å². The Morgan fingerprint density at radius 2 is 1.72 bits per heavy atom. The highest BCUT2D eigenvalue weighted by molar-refractivity contribution is 6.42. The monoisotopic (exact) mass is 520 g/mol. The van der Waals surface area contributed by atoms with Crippen molar-refractivity contribution in [3.63, 3.8) is 0 Å². The van der Waals surface area contributed by atoms with Crippen molar-refractivity contribution < 1.29 is 14.2 Å². The summed E-state index contributed by atoms with van der Waals surface area (Å²) in [7, 11) is 3.27. The molecule has 0 saturated heterocycles. The summed E-state index contributed by atoms with van der Waals surface area (Å²) in [4.78, 5) is 4.67. The van der Waals surface area contributed by atoms with Crippen LogP contribution in [0.4, 0.5) is 0 Å². The SMILES string of the molecule is C=CCOc1ccc(C=Cc2cc(OC)cc(OC)c2-c2nccn2Cc2ccc(Cl)c(Cl)c2)cc1. The van der Waals surface area contributed by atoms with E-state index in [1.165, 1.54) is 0 Å². The van der Waals surface area contributed by atoms with Gasteiger partial charge in [0.25, 0.3) is 0 Å². The second kappa shape index (κ2) is 11.8. The number of halogens is 2. The quantitative estimate of drug-likeness (QED) is 0.159. The third-order valence-corrected chi connectivity index (χ3v) is 6.28. The Labute approximate surface area is 221 Å². The molecule has 1 heterocycles. The summed E-state index contributed by atoms with van der Waals surface area (Å²) in [6, 6.07) is 17.3. The molecule has 0 amide bonds. The number of benzene rings is 3. The average molecular weight is 521 g/mol. The molecule has 0 aliphatic heterocycles. The number of rotatable bonds is 10. The fraction of sp³-hybridized carbons (Fsp3) is 0.138. The summed E-state index contributed by atoms with van der Waals surface area (Å²) in [6.45, 7) is 4.71. The highest BCUT2D eigenvalue weighted by atomic mass is 35.5. The summed E-state index contributed by atoms with van der Waals surface area (Å²) in [6.07, 6.45) is 9.47. The van der Waals surface area contributed by atoms with E-state index in [2.05, 4.69) is 11.6 Å². The highest BCUT2D eigenvalue weighted by Gasteiger charge is 2.18. The molecule has 184 valence electrons. The van der Waals surface area contributed by atoms with Crippen LogP contribution in [0.25, 0.3) is 23.5 Å². The lowest BCUT2D eigenvalue weighted by Crippen LogP contribution is -2.04. The molecular formula is C29H26Cl2N2O3. The number of nitrogens with zero attached hydrogens (tertiary/aromatic N) is 2.